The molecule has 0 amide bonds. The summed E-state index contributed by atoms with van der Waals surface area (Å²) in [7, 11) is 1.78. The van der Waals surface area contributed by atoms with Crippen LogP contribution in [0.15, 0.2) is 47.5 Å². The van der Waals surface area contributed by atoms with E-state index >= 15 is 0 Å². The van der Waals surface area contributed by atoms with Gasteiger partial charge in [0.05, 0.1) is 18.4 Å². The Morgan fingerprint density at radius 1 is 1.19 bits per heavy atom. The average molecular weight is 355 g/mol. The summed E-state index contributed by atoms with van der Waals surface area (Å²) in [6, 6.07) is 14.1. The molecule has 4 nitrogen and oxygen atoms in total. The molecule has 4 heteroatoms. The normalized spacial score (nSPS) is 25.1. The SMILES string of the molecule is [C-]#[N+]c1cccc(-c2ccc3c(c2)C(=NC#N)C2(CCC(OC)CC2)C3)c1. The Morgan fingerprint density at radius 3 is 2.67 bits per heavy atom. The predicted molar refractivity (Wildman–Crippen MR) is 106 cm³/mol. The number of rotatable bonds is 2. The van der Waals surface area contributed by atoms with Gasteiger partial charge in [0.1, 0.15) is 0 Å². The van der Waals surface area contributed by atoms with Crippen molar-refractivity contribution in [2.75, 3.05) is 7.11 Å². The predicted octanol–water partition coefficient (Wildman–Crippen LogP) is 5.31. The van der Waals surface area contributed by atoms with Gasteiger partial charge in [-0.3, -0.25) is 0 Å². The van der Waals surface area contributed by atoms with Crippen molar-refractivity contribution < 1.29 is 4.74 Å². The van der Waals surface area contributed by atoms with Gasteiger partial charge >= 0.3 is 0 Å². The van der Waals surface area contributed by atoms with Crippen molar-refractivity contribution in [1.82, 2.24) is 0 Å². The number of aliphatic imine (C=N–C) groups is 1. The zero-order valence-corrected chi connectivity index (χ0v) is 15.4. The van der Waals surface area contributed by atoms with Gasteiger partial charge in [-0.15, -0.1) is 0 Å². The van der Waals surface area contributed by atoms with E-state index in [9.17, 15) is 5.26 Å². The zero-order chi connectivity index (χ0) is 18.9. The van der Waals surface area contributed by atoms with Crippen LogP contribution in [0, 0.1) is 23.4 Å². The molecule has 27 heavy (non-hydrogen) atoms. The number of fused-ring (bicyclic) bond motifs is 1. The van der Waals surface area contributed by atoms with Gasteiger partial charge in [0.2, 0.25) is 6.19 Å². The third kappa shape index (κ3) is 3.03. The van der Waals surface area contributed by atoms with E-state index in [-0.39, 0.29) is 5.41 Å². The molecule has 0 bridgehead atoms. The van der Waals surface area contributed by atoms with E-state index in [0.29, 0.717) is 11.8 Å². The van der Waals surface area contributed by atoms with Gasteiger partial charge in [-0.2, -0.15) is 10.3 Å². The zero-order valence-electron chi connectivity index (χ0n) is 15.4. The second-order valence-electron chi connectivity index (χ2n) is 7.49. The highest BCUT2D eigenvalue weighted by molar-refractivity contribution is 6.10. The van der Waals surface area contributed by atoms with Crippen LogP contribution < -0.4 is 0 Å². The molecular weight excluding hydrogens is 334 g/mol. The molecule has 2 aliphatic carbocycles. The fraction of sp³-hybridized carbons (Fsp3) is 0.348. The summed E-state index contributed by atoms with van der Waals surface area (Å²) in [5, 5.41) is 9.32. The van der Waals surface area contributed by atoms with E-state index in [1.54, 1.807) is 7.11 Å². The Morgan fingerprint density at radius 2 is 1.96 bits per heavy atom. The monoisotopic (exact) mass is 355 g/mol. The fourth-order valence-electron chi connectivity index (χ4n) is 4.64. The molecule has 0 aliphatic heterocycles. The first kappa shape index (κ1) is 17.5. The van der Waals surface area contributed by atoms with E-state index in [1.807, 2.05) is 30.5 Å². The topological polar surface area (TPSA) is 49.7 Å². The van der Waals surface area contributed by atoms with Gasteiger partial charge < -0.3 is 4.74 Å². The van der Waals surface area contributed by atoms with Crippen LogP contribution in [-0.4, -0.2) is 18.9 Å². The Labute approximate surface area is 159 Å². The van der Waals surface area contributed by atoms with Gasteiger partial charge in [0.15, 0.2) is 5.69 Å². The molecule has 4 rings (SSSR count). The summed E-state index contributed by atoms with van der Waals surface area (Å²) in [4.78, 5) is 7.82. The maximum Gasteiger partial charge on any atom is 0.205 e. The average Bonchev–Trinajstić information content (AvgIpc) is 3.01. The summed E-state index contributed by atoms with van der Waals surface area (Å²) in [5.41, 5.74) is 5.98. The van der Waals surface area contributed by atoms with Crippen molar-refractivity contribution in [3.63, 3.8) is 0 Å². The van der Waals surface area contributed by atoms with E-state index < -0.39 is 0 Å². The Hall–Kier alpha value is -2.95. The Kier molecular flexibility index (Phi) is 4.52. The van der Waals surface area contributed by atoms with Gasteiger partial charge in [0.25, 0.3) is 0 Å². The van der Waals surface area contributed by atoms with Crippen molar-refractivity contribution in [3.8, 4) is 17.3 Å². The maximum absolute atomic E-state index is 9.32. The summed E-state index contributed by atoms with van der Waals surface area (Å²) >= 11 is 0. The van der Waals surface area contributed by atoms with Crippen LogP contribution in [0.25, 0.3) is 16.0 Å². The number of nitriles is 1. The van der Waals surface area contributed by atoms with Crippen LogP contribution in [0.3, 0.4) is 0 Å². The molecule has 2 aromatic carbocycles. The molecule has 134 valence electrons. The standard InChI is InChI=1S/C23H21N3O/c1-25-19-5-3-4-16(12-19)17-6-7-18-14-23(10-8-20(27-2)9-11-23)22(26-15-24)21(18)13-17/h3-7,12-13,20H,8-11,14H2,2H3. The fourth-order valence-corrected chi connectivity index (χ4v) is 4.64. The molecule has 0 heterocycles. The maximum atomic E-state index is 9.32. The second-order valence-corrected chi connectivity index (χ2v) is 7.49. The number of hydrogen-bond acceptors (Lipinski definition) is 3. The molecule has 2 aromatic rings. The Balaban J connectivity index is 1.74. The minimum atomic E-state index is -0.0376. The second kappa shape index (κ2) is 6.99. The van der Waals surface area contributed by atoms with Crippen LogP contribution in [0.2, 0.25) is 0 Å². The van der Waals surface area contributed by atoms with Gasteiger partial charge in [-0.05, 0) is 60.9 Å². The molecule has 0 atom stereocenters. The molecule has 1 fully saturated rings. The van der Waals surface area contributed by atoms with E-state index in [1.165, 1.54) is 5.56 Å². The van der Waals surface area contributed by atoms with Crippen LogP contribution in [0.5, 0.6) is 0 Å². The summed E-state index contributed by atoms with van der Waals surface area (Å²) in [6.45, 7) is 7.23. The summed E-state index contributed by atoms with van der Waals surface area (Å²) in [5.74, 6) is 0. The lowest BCUT2D eigenvalue weighted by Gasteiger charge is -2.36. The minimum absolute atomic E-state index is 0.0376. The van der Waals surface area contributed by atoms with Crippen LogP contribution in [-0.2, 0) is 11.2 Å². The first-order chi connectivity index (χ1) is 13.2. The van der Waals surface area contributed by atoms with Gasteiger partial charge in [-0.1, -0.05) is 30.3 Å². The van der Waals surface area contributed by atoms with Crippen LogP contribution in [0.4, 0.5) is 5.69 Å². The molecule has 0 radical (unpaired) electrons. The molecule has 1 saturated carbocycles. The highest BCUT2D eigenvalue weighted by atomic mass is 16.5. The highest BCUT2D eigenvalue weighted by Crippen LogP contribution is 2.48. The Bertz CT molecular complexity index is 985. The summed E-state index contributed by atoms with van der Waals surface area (Å²) < 4.78 is 5.54. The number of methoxy groups -OCH3 is 1. The van der Waals surface area contributed by atoms with E-state index in [4.69, 9.17) is 11.3 Å². The quantitative estimate of drug-likeness (QED) is 0.542. The van der Waals surface area contributed by atoms with Gasteiger partial charge in [-0.25, -0.2) is 4.85 Å². The largest absolute Gasteiger partial charge is 0.381 e. The molecular formula is C23H21N3O. The third-order valence-electron chi connectivity index (χ3n) is 6.09. The molecule has 0 unspecified atom stereocenters. The van der Waals surface area contributed by atoms with Crippen molar-refractivity contribution in [1.29, 1.82) is 5.26 Å². The lowest BCUT2D eigenvalue weighted by Crippen LogP contribution is -2.35. The van der Waals surface area contributed by atoms with Crippen molar-refractivity contribution in [2.45, 2.75) is 38.2 Å². The number of hydrogen-bond donors (Lipinski definition) is 0. The lowest BCUT2D eigenvalue weighted by molar-refractivity contribution is 0.0468. The van der Waals surface area contributed by atoms with Crippen molar-refractivity contribution >= 4 is 11.4 Å². The number of ether oxygens (including phenoxy) is 1. The van der Waals surface area contributed by atoms with Crippen molar-refractivity contribution in [2.24, 2.45) is 10.4 Å². The van der Waals surface area contributed by atoms with Crippen molar-refractivity contribution in [3.05, 3.63) is 65.0 Å². The van der Waals surface area contributed by atoms with Gasteiger partial charge in [0, 0.05) is 18.1 Å². The molecule has 1 spiro atoms. The molecule has 2 aliphatic rings. The molecule has 0 aromatic heterocycles. The van der Waals surface area contributed by atoms with Crippen LogP contribution in [0.1, 0.15) is 36.8 Å². The minimum Gasteiger partial charge on any atom is -0.381 e. The molecule has 0 saturated heterocycles. The number of benzene rings is 2. The van der Waals surface area contributed by atoms with E-state index in [2.05, 4.69) is 28.0 Å². The highest BCUT2D eigenvalue weighted by Gasteiger charge is 2.45. The first-order valence-electron chi connectivity index (χ1n) is 9.30. The van der Waals surface area contributed by atoms with E-state index in [0.717, 1.165) is 54.5 Å². The first-order valence-corrected chi connectivity index (χ1v) is 9.30. The summed E-state index contributed by atoms with van der Waals surface area (Å²) in [6.07, 6.45) is 7.33. The molecule has 0 N–H and O–H groups in total. The smallest absolute Gasteiger partial charge is 0.205 e. The lowest BCUT2D eigenvalue weighted by atomic mass is 9.70. The third-order valence-corrected chi connectivity index (χ3v) is 6.09. The van der Waals surface area contributed by atoms with Crippen LogP contribution >= 0.6 is 0 Å². The number of nitrogens with zero attached hydrogens (tertiary/aromatic N) is 3.